The fourth-order valence-electron chi connectivity index (χ4n) is 4.62. The van der Waals surface area contributed by atoms with E-state index in [9.17, 15) is 9.36 Å². The maximum atomic E-state index is 13.4. The van der Waals surface area contributed by atoms with E-state index in [4.69, 9.17) is 42.8 Å². The number of benzene rings is 2. The number of hydrazine groups is 1. The second kappa shape index (κ2) is 13.0. The first kappa shape index (κ1) is 29.7. The number of carbonyl (C=O) groups excluding carboxylic acids is 1. The summed E-state index contributed by atoms with van der Waals surface area (Å²) in [6, 6.07) is 13.2. The first-order valence-corrected chi connectivity index (χ1v) is 15.4. The summed E-state index contributed by atoms with van der Waals surface area (Å²) in [6.07, 6.45) is 1.84. The highest BCUT2D eigenvalue weighted by Gasteiger charge is 2.26. The quantitative estimate of drug-likeness (QED) is 0.212. The number of ether oxygens (including phenoxy) is 1. The number of rotatable bonds is 10. The Morgan fingerprint density at radius 3 is 2.46 bits per heavy atom. The number of hydrogen-bond donors (Lipinski definition) is 3. The van der Waals surface area contributed by atoms with E-state index in [-0.39, 0.29) is 12.1 Å². The SMILES string of the molecule is Cc1ccc(-c2c(C)c(C(=O)NN3CCC(COCCCP(=O)(O)O)CC3)nn2-c2ccc(Cl)cc2Cl)cc1. The summed E-state index contributed by atoms with van der Waals surface area (Å²) in [5, 5.41) is 7.53. The Kier molecular flexibility index (Phi) is 9.88. The molecule has 39 heavy (non-hydrogen) atoms. The van der Waals surface area contributed by atoms with E-state index in [1.807, 2.05) is 43.1 Å². The molecule has 1 aromatic heterocycles. The number of amides is 1. The van der Waals surface area contributed by atoms with Gasteiger partial charge in [0.05, 0.1) is 22.6 Å². The van der Waals surface area contributed by atoms with Gasteiger partial charge in [0.1, 0.15) is 0 Å². The van der Waals surface area contributed by atoms with Crippen molar-refractivity contribution in [3.05, 3.63) is 69.3 Å². The first-order chi connectivity index (χ1) is 18.5. The van der Waals surface area contributed by atoms with Gasteiger partial charge in [0.15, 0.2) is 5.69 Å². The molecule has 2 heterocycles. The predicted octanol–water partition coefficient (Wildman–Crippen LogP) is 5.40. The van der Waals surface area contributed by atoms with Crippen molar-refractivity contribution in [3.63, 3.8) is 0 Å². The van der Waals surface area contributed by atoms with Gasteiger partial charge >= 0.3 is 7.60 Å². The molecule has 0 unspecified atom stereocenters. The lowest BCUT2D eigenvalue weighted by atomic mass is 9.99. The number of aromatic nitrogens is 2. The van der Waals surface area contributed by atoms with Crippen LogP contribution < -0.4 is 5.43 Å². The monoisotopic (exact) mass is 594 g/mol. The largest absolute Gasteiger partial charge is 0.381 e. The lowest BCUT2D eigenvalue weighted by Crippen LogP contribution is -2.47. The number of carbonyl (C=O) groups is 1. The van der Waals surface area contributed by atoms with Crippen LogP contribution in [0, 0.1) is 19.8 Å². The van der Waals surface area contributed by atoms with Crippen LogP contribution in [0.2, 0.25) is 10.0 Å². The van der Waals surface area contributed by atoms with Gasteiger partial charge in [0.2, 0.25) is 0 Å². The normalized spacial score (nSPS) is 15.0. The summed E-state index contributed by atoms with van der Waals surface area (Å²) in [4.78, 5) is 31.3. The second-order valence-corrected chi connectivity index (χ2v) is 12.5. The zero-order chi connectivity index (χ0) is 28.2. The lowest BCUT2D eigenvalue weighted by molar-refractivity contribution is 0.0463. The van der Waals surface area contributed by atoms with Gasteiger partial charge in [-0.3, -0.25) is 14.8 Å². The Morgan fingerprint density at radius 1 is 1.13 bits per heavy atom. The summed E-state index contributed by atoms with van der Waals surface area (Å²) in [5.41, 5.74) is 7.49. The summed E-state index contributed by atoms with van der Waals surface area (Å²) in [7, 11) is -3.98. The molecule has 0 saturated carbocycles. The van der Waals surface area contributed by atoms with Gasteiger partial charge in [-0.05, 0) is 57.2 Å². The van der Waals surface area contributed by atoms with Crippen molar-refractivity contribution in [1.29, 1.82) is 0 Å². The van der Waals surface area contributed by atoms with Crippen molar-refractivity contribution in [2.75, 3.05) is 32.5 Å². The molecule has 2 aromatic carbocycles. The van der Waals surface area contributed by atoms with E-state index in [0.717, 1.165) is 35.2 Å². The molecule has 4 rings (SSSR count). The molecule has 0 spiro atoms. The maximum absolute atomic E-state index is 13.4. The van der Waals surface area contributed by atoms with E-state index in [1.165, 1.54) is 0 Å². The van der Waals surface area contributed by atoms with Crippen LogP contribution >= 0.6 is 30.8 Å². The van der Waals surface area contributed by atoms with E-state index >= 15 is 0 Å². The van der Waals surface area contributed by atoms with Crippen LogP contribution in [0.3, 0.4) is 0 Å². The van der Waals surface area contributed by atoms with Crippen LogP contribution in [0.15, 0.2) is 42.5 Å². The Labute approximate surface area is 238 Å². The van der Waals surface area contributed by atoms with E-state index < -0.39 is 7.60 Å². The second-order valence-electron chi connectivity index (χ2n) is 9.88. The molecule has 0 bridgehead atoms. The highest BCUT2D eigenvalue weighted by atomic mass is 35.5. The molecule has 1 aliphatic heterocycles. The molecule has 12 heteroatoms. The highest BCUT2D eigenvalue weighted by Crippen LogP contribution is 2.35. The molecule has 1 amide bonds. The number of nitrogens with one attached hydrogen (secondary N) is 1. The van der Waals surface area contributed by atoms with Gasteiger partial charge in [-0.2, -0.15) is 5.10 Å². The zero-order valence-electron chi connectivity index (χ0n) is 21.9. The molecule has 210 valence electrons. The Balaban J connectivity index is 1.44. The molecule has 0 atom stereocenters. The van der Waals surface area contributed by atoms with Gasteiger partial charge in [0, 0.05) is 42.5 Å². The van der Waals surface area contributed by atoms with Crippen LogP contribution in [-0.4, -0.2) is 62.9 Å². The van der Waals surface area contributed by atoms with Crippen molar-refractivity contribution in [3.8, 4) is 16.9 Å². The topological polar surface area (TPSA) is 117 Å². The molecule has 3 aromatic rings. The summed E-state index contributed by atoms with van der Waals surface area (Å²) in [5.74, 6) is 0.0335. The summed E-state index contributed by atoms with van der Waals surface area (Å²) in [6.45, 7) is 6.09. The highest BCUT2D eigenvalue weighted by molar-refractivity contribution is 7.51. The Bertz CT molecular complexity index is 1350. The van der Waals surface area contributed by atoms with Crippen molar-refractivity contribution in [1.82, 2.24) is 20.2 Å². The van der Waals surface area contributed by atoms with Crippen LogP contribution in [0.25, 0.3) is 16.9 Å². The third-order valence-corrected chi connectivity index (χ3v) is 8.20. The number of piperidine rings is 1. The fraction of sp³-hybridized carbons (Fsp3) is 0.407. The van der Waals surface area contributed by atoms with Gasteiger partial charge in [-0.15, -0.1) is 0 Å². The summed E-state index contributed by atoms with van der Waals surface area (Å²) >= 11 is 12.7. The Morgan fingerprint density at radius 2 is 1.82 bits per heavy atom. The molecule has 3 N–H and O–H groups in total. The summed E-state index contributed by atoms with van der Waals surface area (Å²) < 4.78 is 18.2. The van der Waals surface area contributed by atoms with Crippen molar-refractivity contribution in [2.45, 2.75) is 33.1 Å². The van der Waals surface area contributed by atoms with Crippen LogP contribution in [0.1, 0.15) is 40.9 Å². The van der Waals surface area contributed by atoms with Gasteiger partial charge in [-0.25, -0.2) is 9.69 Å². The zero-order valence-corrected chi connectivity index (χ0v) is 24.3. The fourth-order valence-corrected chi connectivity index (χ4v) is 5.65. The van der Waals surface area contributed by atoms with Crippen LogP contribution in [0.5, 0.6) is 0 Å². The minimum absolute atomic E-state index is 0.164. The molecule has 9 nitrogen and oxygen atoms in total. The molecule has 1 fully saturated rings. The minimum atomic E-state index is -3.98. The average Bonchev–Trinajstić information content (AvgIpc) is 3.21. The van der Waals surface area contributed by atoms with Crippen LogP contribution in [-0.2, 0) is 9.30 Å². The number of nitrogens with zero attached hydrogens (tertiary/aromatic N) is 3. The van der Waals surface area contributed by atoms with E-state index in [0.29, 0.717) is 60.1 Å². The number of halogens is 2. The van der Waals surface area contributed by atoms with Gasteiger partial charge in [-0.1, -0.05) is 53.0 Å². The molecule has 0 aliphatic carbocycles. The molecule has 1 aliphatic rings. The van der Waals surface area contributed by atoms with Gasteiger partial charge < -0.3 is 14.5 Å². The number of aryl methyl sites for hydroxylation is 1. The third kappa shape index (κ3) is 7.92. The van der Waals surface area contributed by atoms with Gasteiger partial charge in [0.25, 0.3) is 5.91 Å². The third-order valence-electron chi connectivity index (χ3n) is 6.77. The molecular weight excluding hydrogens is 562 g/mol. The first-order valence-electron chi connectivity index (χ1n) is 12.8. The maximum Gasteiger partial charge on any atom is 0.325 e. The van der Waals surface area contributed by atoms with Crippen molar-refractivity contribution < 1.29 is 23.9 Å². The van der Waals surface area contributed by atoms with Crippen molar-refractivity contribution >= 4 is 36.7 Å². The standard InChI is InChI=1S/C27H33Cl2N4O5P/c1-18-4-6-21(7-5-18)26-19(2)25(30-33(26)24-9-8-22(28)16-23(24)29)27(34)31-32-12-10-20(11-13-32)17-38-14-3-15-39(35,36)37/h4-9,16,20H,3,10-15,17H2,1-2H3,(H,31,34)(H2,35,36,37). The number of hydrogen-bond acceptors (Lipinski definition) is 5. The average molecular weight is 595 g/mol. The molecular formula is C27H33Cl2N4O5P. The van der Waals surface area contributed by atoms with Crippen LogP contribution in [0.4, 0.5) is 0 Å². The van der Waals surface area contributed by atoms with E-state index in [1.54, 1.807) is 22.9 Å². The Hall–Kier alpha value is -2.23. The smallest absolute Gasteiger partial charge is 0.325 e. The molecule has 1 saturated heterocycles. The lowest BCUT2D eigenvalue weighted by Gasteiger charge is -2.31. The molecule has 0 radical (unpaired) electrons. The minimum Gasteiger partial charge on any atom is -0.381 e. The van der Waals surface area contributed by atoms with E-state index in [2.05, 4.69) is 5.43 Å². The predicted molar refractivity (Wildman–Crippen MR) is 153 cm³/mol. The van der Waals surface area contributed by atoms with Crippen molar-refractivity contribution in [2.24, 2.45) is 5.92 Å².